The molecule has 2 fully saturated rings. The molecule has 1 amide bonds. The number of terminal acetylenes is 1. The predicted octanol–water partition coefficient (Wildman–Crippen LogP) is 1.32. The molecule has 2 heterocycles. The zero-order chi connectivity index (χ0) is 14.9. The van der Waals surface area contributed by atoms with Gasteiger partial charge in [-0.2, -0.15) is 0 Å². The SMILES string of the molecule is C#CCNC(=O)CN1CCC(CN2CCCCCC2)CC1. The van der Waals surface area contributed by atoms with Crippen LogP contribution < -0.4 is 5.32 Å². The summed E-state index contributed by atoms with van der Waals surface area (Å²) in [6.07, 6.45) is 13.1. The second kappa shape index (κ2) is 9.07. The van der Waals surface area contributed by atoms with Crippen molar-refractivity contribution in [2.24, 2.45) is 5.92 Å². The Bertz CT molecular complexity index is 348. The molecule has 2 aliphatic rings. The van der Waals surface area contributed by atoms with E-state index in [2.05, 4.69) is 21.0 Å². The quantitative estimate of drug-likeness (QED) is 0.776. The van der Waals surface area contributed by atoms with Crippen molar-refractivity contribution in [1.29, 1.82) is 0 Å². The van der Waals surface area contributed by atoms with Gasteiger partial charge in [0.25, 0.3) is 0 Å². The Balaban J connectivity index is 1.63. The fraction of sp³-hybridized carbons (Fsp3) is 0.824. The minimum atomic E-state index is 0.0546. The first kappa shape index (κ1) is 16.3. The zero-order valence-electron chi connectivity index (χ0n) is 13.1. The third-order valence-corrected chi connectivity index (χ3v) is 4.68. The van der Waals surface area contributed by atoms with Gasteiger partial charge in [0.1, 0.15) is 0 Å². The van der Waals surface area contributed by atoms with Crippen LogP contribution in [0.15, 0.2) is 0 Å². The largest absolute Gasteiger partial charge is 0.344 e. The minimum Gasteiger partial charge on any atom is -0.344 e. The molecule has 0 aromatic heterocycles. The molecule has 21 heavy (non-hydrogen) atoms. The van der Waals surface area contributed by atoms with Gasteiger partial charge >= 0.3 is 0 Å². The summed E-state index contributed by atoms with van der Waals surface area (Å²) in [7, 11) is 0. The standard InChI is InChI=1S/C17H29N3O/c1-2-9-18-17(21)15-20-12-7-16(8-13-20)14-19-10-5-3-4-6-11-19/h1,16H,3-15H2,(H,18,21). The van der Waals surface area contributed by atoms with Crippen LogP contribution in [0, 0.1) is 18.3 Å². The molecule has 2 aliphatic heterocycles. The molecule has 0 atom stereocenters. The van der Waals surface area contributed by atoms with Gasteiger partial charge in [-0.15, -0.1) is 6.42 Å². The second-order valence-electron chi connectivity index (χ2n) is 6.42. The number of rotatable bonds is 5. The fourth-order valence-corrected chi connectivity index (χ4v) is 3.42. The first-order valence-corrected chi connectivity index (χ1v) is 8.43. The lowest BCUT2D eigenvalue weighted by Gasteiger charge is -2.34. The van der Waals surface area contributed by atoms with Crippen LogP contribution in [0.5, 0.6) is 0 Å². The van der Waals surface area contributed by atoms with Crippen LogP contribution in [-0.4, -0.2) is 61.5 Å². The fourth-order valence-electron chi connectivity index (χ4n) is 3.42. The number of nitrogens with one attached hydrogen (secondary N) is 1. The van der Waals surface area contributed by atoms with Gasteiger partial charge in [-0.3, -0.25) is 9.69 Å². The summed E-state index contributed by atoms with van der Waals surface area (Å²) in [5.74, 6) is 3.31. The number of nitrogens with zero attached hydrogens (tertiary/aromatic N) is 2. The van der Waals surface area contributed by atoms with Gasteiger partial charge in [0.05, 0.1) is 13.1 Å². The van der Waals surface area contributed by atoms with Crippen molar-refractivity contribution >= 4 is 5.91 Å². The predicted molar refractivity (Wildman–Crippen MR) is 85.9 cm³/mol. The first-order valence-electron chi connectivity index (χ1n) is 8.43. The summed E-state index contributed by atoms with van der Waals surface area (Å²) in [4.78, 5) is 16.6. The van der Waals surface area contributed by atoms with Gasteiger partial charge < -0.3 is 10.2 Å². The number of likely N-dealkylation sites (tertiary alicyclic amines) is 2. The number of hydrogen-bond acceptors (Lipinski definition) is 3. The van der Waals surface area contributed by atoms with Crippen molar-refractivity contribution in [3.8, 4) is 12.3 Å². The molecule has 0 aromatic rings. The Morgan fingerprint density at radius 3 is 2.33 bits per heavy atom. The van der Waals surface area contributed by atoms with Crippen molar-refractivity contribution < 1.29 is 4.79 Å². The third-order valence-electron chi connectivity index (χ3n) is 4.68. The van der Waals surface area contributed by atoms with Crippen molar-refractivity contribution in [2.75, 3.05) is 45.8 Å². The Labute approximate surface area is 129 Å². The van der Waals surface area contributed by atoms with Crippen LogP contribution in [0.1, 0.15) is 38.5 Å². The second-order valence-corrected chi connectivity index (χ2v) is 6.42. The Hall–Kier alpha value is -1.05. The van der Waals surface area contributed by atoms with Gasteiger partial charge in [-0.1, -0.05) is 18.8 Å². The summed E-state index contributed by atoms with van der Waals surface area (Å²) >= 11 is 0. The van der Waals surface area contributed by atoms with Crippen LogP contribution in [0.25, 0.3) is 0 Å². The van der Waals surface area contributed by atoms with E-state index >= 15 is 0 Å². The molecule has 0 radical (unpaired) electrons. The van der Waals surface area contributed by atoms with Crippen LogP contribution in [0.2, 0.25) is 0 Å². The summed E-state index contributed by atoms with van der Waals surface area (Å²) in [6, 6.07) is 0. The summed E-state index contributed by atoms with van der Waals surface area (Å²) < 4.78 is 0. The van der Waals surface area contributed by atoms with E-state index in [1.54, 1.807) is 0 Å². The molecule has 2 rings (SSSR count). The third kappa shape index (κ3) is 6.07. The van der Waals surface area contributed by atoms with Gasteiger partial charge in [-0.05, 0) is 57.8 Å². The maximum absolute atomic E-state index is 11.7. The molecule has 2 saturated heterocycles. The Morgan fingerprint density at radius 2 is 1.71 bits per heavy atom. The van der Waals surface area contributed by atoms with Crippen molar-refractivity contribution in [2.45, 2.75) is 38.5 Å². The molecule has 0 unspecified atom stereocenters. The van der Waals surface area contributed by atoms with E-state index in [4.69, 9.17) is 6.42 Å². The van der Waals surface area contributed by atoms with Gasteiger partial charge in [0, 0.05) is 6.54 Å². The summed E-state index contributed by atoms with van der Waals surface area (Å²) in [5.41, 5.74) is 0. The van der Waals surface area contributed by atoms with E-state index in [0.29, 0.717) is 13.1 Å². The molecular weight excluding hydrogens is 262 g/mol. The minimum absolute atomic E-state index is 0.0546. The van der Waals surface area contributed by atoms with E-state index in [-0.39, 0.29) is 5.91 Å². The van der Waals surface area contributed by atoms with Crippen molar-refractivity contribution in [3.05, 3.63) is 0 Å². The number of carbonyl (C=O) groups is 1. The molecule has 0 spiro atoms. The number of hydrogen-bond donors (Lipinski definition) is 1. The lowest BCUT2D eigenvalue weighted by molar-refractivity contribution is -0.122. The lowest BCUT2D eigenvalue weighted by Crippen LogP contribution is -2.43. The van der Waals surface area contributed by atoms with Crippen LogP contribution >= 0.6 is 0 Å². The van der Waals surface area contributed by atoms with Gasteiger partial charge in [0.2, 0.25) is 5.91 Å². The van der Waals surface area contributed by atoms with E-state index in [1.165, 1.54) is 58.2 Å². The molecular formula is C17H29N3O. The maximum atomic E-state index is 11.7. The molecule has 4 heteroatoms. The lowest BCUT2D eigenvalue weighted by atomic mass is 9.96. The van der Waals surface area contributed by atoms with Gasteiger partial charge in [-0.25, -0.2) is 0 Å². The van der Waals surface area contributed by atoms with Crippen molar-refractivity contribution in [3.63, 3.8) is 0 Å². The van der Waals surface area contributed by atoms with E-state index in [1.807, 2.05) is 0 Å². The monoisotopic (exact) mass is 291 g/mol. The highest BCUT2D eigenvalue weighted by atomic mass is 16.2. The topological polar surface area (TPSA) is 35.6 Å². The Morgan fingerprint density at radius 1 is 1.05 bits per heavy atom. The average molecular weight is 291 g/mol. The van der Waals surface area contributed by atoms with E-state index in [9.17, 15) is 4.79 Å². The highest BCUT2D eigenvalue weighted by Gasteiger charge is 2.22. The maximum Gasteiger partial charge on any atom is 0.234 e. The number of piperidine rings is 1. The highest BCUT2D eigenvalue weighted by molar-refractivity contribution is 5.78. The van der Waals surface area contributed by atoms with Crippen LogP contribution in [0.4, 0.5) is 0 Å². The van der Waals surface area contributed by atoms with Crippen LogP contribution in [-0.2, 0) is 4.79 Å². The van der Waals surface area contributed by atoms with Crippen LogP contribution in [0.3, 0.4) is 0 Å². The normalized spacial score (nSPS) is 22.4. The molecule has 0 saturated carbocycles. The molecule has 118 valence electrons. The Kier molecular flexibility index (Phi) is 7.05. The smallest absolute Gasteiger partial charge is 0.234 e. The summed E-state index contributed by atoms with van der Waals surface area (Å²) in [6.45, 7) is 6.76. The molecule has 0 aliphatic carbocycles. The highest BCUT2D eigenvalue weighted by Crippen LogP contribution is 2.20. The van der Waals surface area contributed by atoms with E-state index in [0.717, 1.165) is 19.0 Å². The number of carbonyl (C=O) groups excluding carboxylic acids is 1. The average Bonchev–Trinajstić information content (AvgIpc) is 2.76. The molecule has 0 aromatic carbocycles. The van der Waals surface area contributed by atoms with E-state index < -0.39 is 0 Å². The number of amides is 1. The first-order chi connectivity index (χ1) is 10.3. The molecule has 1 N–H and O–H groups in total. The summed E-state index contributed by atoms with van der Waals surface area (Å²) in [5, 5.41) is 2.74. The molecule has 4 nitrogen and oxygen atoms in total. The van der Waals surface area contributed by atoms with Crippen molar-refractivity contribution in [1.82, 2.24) is 15.1 Å². The molecule has 0 bridgehead atoms. The zero-order valence-corrected chi connectivity index (χ0v) is 13.1. The van der Waals surface area contributed by atoms with Gasteiger partial charge in [0.15, 0.2) is 0 Å².